The Bertz CT molecular complexity index is 1420. The summed E-state index contributed by atoms with van der Waals surface area (Å²) < 4.78 is 0. The minimum Gasteiger partial charge on any atom is -0.361 e. The van der Waals surface area contributed by atoms with Crippen LogP contribution in [-0.2, 0) is 0 Å². The topological polar surface area (TPSA) is 46.9 Å². The number of H-pyrrole nitrogens is 2. The van der Waals surface area contributed by atoms with Gasteiger partial charge in [-0.2, -0.15) is 0 Å². The van der Waals surface area contributed by atoms with E-state index in [4.69, 9.17) is 0 Å². The van der Waals surface area contributed by atoms with Crippen molar-refractivity contribution in [3.63, 3.8) is 0 Å². The zero-order valence-corrected chi connectivity index (χ0v) is 16.9. The van der Waals surface area contributed by atoms with Gasteiger partial charge in [0.15, 0.2) is 0 Å². The van der Waals surface area contributed by atoms with Crippen LogP contribution in [0.15, 0.2) is 109 Å². The van der Waals surface area contributed by atoms with Crippen molar-refractivity contribution < 1.29 is 0 Å². The van der Waals surface area contributed by atoms with E-state index in [9.17, 15) is 0 Å². The van der Waals surface area contributed by atoms with Crippen LogP contribution in [0.5, 0.6) is 0 Å². The minimum absolute atomic E-state index is 0.0844. The van der Waals surface area contributed by atoms with Crippen molar-refractivity contribution in [3.05, 3.63) is 120 Å². The lowest BCUT2D eigenvalue weighted by atomic mass is 10.0. The second kappa shape index (κ2) is 7.26. The zero-order chi connectivity index (χ0) is 20.6. The fraction of sp³-hybridized carbons (Fsp3) is 0.0370. The number of hydrogen-bond acceptors (Lipinski definition) is 2. The Morgan fingerprint density at radius 3 is 2.19 bits per heavy atom. The highest BCUT2D eigenvalue weighted by Crippen LogP contribution is 2.36. The number of allylic oxidation sites excluding steroid dienone is 1. The monoisotopic (exact) mass is 402 g/mol. The zero-order valence-electron chi connectivity index (χ0n) is 16.9. The van der Waals surface area contributed by atoms with Gasteiger partial charge in [-0.15, -0.1) is 0 Å². The van der Waals surface area contributed by atoms with Crippen molar-refractivity contribution >= 4 is 33.6 Å². The molecule has 0 spiro atoms. The molecule has 0 radical (unpaired) electrons. The van der Waals surface area contributed by atoms with E-state index < -0.39 is 0 Å². The first-order valence-electron chi connectivity index (χ1n) is 10.5. The minimum atomic E-state index is 0.0844. The molecule has 0 saturated heterocycles. The third-order valence-electron chi connectivity index (χ3n) is 5.90. The summed E-state index contributed by atoms with van der Waals surface area (Å²) >= 11 is 0. The van der Waals surface area contributed by atoms with E-state index in [0.29, 0.717) is 0 Å². The molecule has 1 atom stereocenters. The van der Waals surface area contributed by atoms with Crippen molar-refractivity contribution in [2.45, 2.75) is 6.04 Å². The summed E-state index contributed by atoms with van der Waals surface area (Å²) in [6.07, 6.45) is 10.8. The van der Waals surface area contributed by atoms with Crippen LogP contribution in [0.25, 0.3) is 27.9 Å². The van der Waals surface area contributed by atoms with Crippen molar-refractivity contribution in [3.8, 4) is 0 Å². The fourth-order valence-corrected chi connectivity index (χ4v) is 4.38. The molecule has 3 N–H and O–H groups in total. The molecule has 5 aromatic rings. The normalized spacial score (nSPS) is 16.3. The molecule has 31 heavy (non-hydrogen) atoms. The van der Waals surface area contributed by atoms with Crippen LogP contribution in [0, 0.1) is 0 Å². The molecule has 150 valence electrons. The van der Waals surface area contributed by atoms with Gasteiger partial charge in [-0.25, -0.2) is 0 Å². The summed E-state index contributed by atoms with van der Waals surface area (Å²) in [5, 5.41) is 4.70. The highest BCUT2D eigenvalue weighted by molar-refractivity contribution is 5.89. The highest BCUT2D eigenvalue weighted by atomic mass is 15.5. The molecule has 0 bridgehead atoms. The molecule has 4 nitrogen and oxygen atoms in total. The average molecular weight is 403 g/mol. The maximum absolute atomic E-state index is 3.60. The van der Waals surface area contributed by atoms with E-state index >= 15 is 0 Å². The first-order valence-corrected chi connectivity index (χ1v) is 10.5. The molecule has 0 aliphatic carbocycles. The lowest BCUT2D eigenvalue weighted by Gasteiger charge is -2.27. The van der Waals surface area contributed by atoms with Crippen molar-refractivity contribution in [2.75, 3.05) is 5.01 Å². The molecule has 2 aromatic heterocycles. The summed E-state index contributed by atoms with van der Waals surface area (Å²) in [6, 6.07) is 27.4. The number of anilines is 1. The van der Waals surface area contributed by atoms with E-state index in [1.54, 1.807) is 0 Å². The lowest BCUT2D eigenvalue weighted by molar-refractivity contribution is 0.713. The maximum atomic E-state index is 3.60. The largest absolute Gasteiger partial charge is 0.361 e. The van der Waals surface area contributed by atoms with Gasteiger partial charge in [0.1, 0.15) is 0 Å². The Morgan fingerprint density at radius 1 is 0.677 bits per heavy atom. The number of nitrogens with one attached hydrogen (secondary N) is 3. The molecule has 1 aliphatic heterocycles. The van der Waals surface area contributed by atoms with E-state index in [1.165, 1.54) is 21.9 Å². The van der Waals surface area contributed by atoms with Crippen molar-refractivity contribution in [2.24, 2.45) is 0 Å². The number of fused-ring (bicyclic) bond motifs is 2. The van der Waals surface area contributed by atoms with Gasteiger partial charge < -0.3 is 9.97 Å². The number of aromatic amines is 2. The molecule has 3 heterocycles. The number of benzene rings is 3. The molecule has 1 unspecified atom stereocenters. The number of aromatic nitrogens is 2. The van der Waals surface area contributed by atoms with E-state index in [0.717, 1.165) is 22.4 Å². The van der Waals surface area contributed by atoms with E-state index in [2.05, 4.69) is 124 Å². The number of hydrazine groups is 1. The molecular weight excluding hydrogens is 380 g/mol. The van der Waals surface area contributed by atoms with Gasteiger partial charge in [0.2, 0.25) is 0 Å². The van der Waals surface area contributed by atoms with Crippen molar-refractivity contribution in [1.82, 2.24) is 15.4 Å². The smallest absolute Gasteiger partial charge is 0.0978 e. The molecular formula is C27H22N4. The number of nitrogens with zero attached hydrogens (tertiary/aromatic N) is 1. The molecule has 1 aliphatic rings. The summed E-state index contributed by atoms with van der Waals surface area (Å²) in [4.78, 5) is 6.76. The second-order valence-electron chi connectivity index (χ2n) is 7.80. The van der Waals surface area contributed by atoms with E-state index in [1.807, 2.05) is 6.07 Å². The third kappa shape index (κ3) is 3.09. The Kier molecular flexibility index (Phi) is 4.13. The van der Waals surface area contributed by atoms with Crippen LogP contribution >= 0.6 is 0 Å². The molecule has 4 heteroatoms. The second-order valence-corrected chi connectivity index (χ2v) is 7.80. The standard InChI is InChI=1S/C27H22N4/c1-2-8-21(9-3-1)31-27(24-18-29-26-13-7-5-11-23(24)26)16-20(30-31)15-14-19-17-28-25-12-6-4-10-22(19)25/h1-18,27-30H. The van der Waals surface area contributed by atoms with Crippen LogP contribution in [0.3, 0.4) is 0 Å². The predicted molar refractivity (Wildman–Crippen MR) is 129 cm³/mol. The van der Waals surface area contributed by atoms with Crippen molar-refractivity contribution in [1.29, 1.82) is 0 Å². The lowest BCUT2D eigenvalue weighted by Crippen LogP contribution is -2.33. The van der Waals surface area contributed by atoms with Gasteiger partial charge in [-0.3, -0.25) is 10.4 Å². The number of para-hydroxylation sites is 3. The molecule has 0 saturated carbocycles. The van der Waals surface area contributed by atoms with Gasteiger partial charge >= 0.3 is 0 Å². The molecule has 0 fully saturated rings. The summed E-state index contributed by atoms with van der Waals surface area (Å²) in [5.74, 6) is 0. The Hall–Kier alpha value is -4.18. The Labute approximate surface area is 180 Å². The van der Waals surface area contributed by atoms with Gasteiger partial charge in [0.05, 0.1) is 17.4 Å². The van der Waals surface area contributed by atoms with Crippen LogP contribution in [0.4, 0.5) is 5.69 Å². The fourth-order valence-electron chi connectivity index (χ4n) is 4.38. The molecule has 3 aromatic carbocycles. The number of hydrogen-bond donors (Lipinski definition) is 3. The first-order chi connectivity index (χ1) is 15.4. The van der Waals surface area contributed by atoms with Crippen LogP contribution in [-0.4, -0.2) is 9.97 Å². The van der Waals surface area contributed by atoms with Gasteiger partial charge in [0, 0.05) is 39.8 Å². The van der Waals surface area contributed by atoms with Gasteiger partial charge in [0.25, 0.3) is 0 Å². The maximum Gasteiger partial charge on any atom is 0.0978 e. The van der Waals surface area contributed by atoms with Gasteiger partial charge in [-0.05, 0) is 42.0 Å². The van der Waals surface area contributed by atoms with Crippen LogP contribution in [0.1, 0.15) is 17.2 Å². The Morgan fingerprint density at radius 2 is 1.35 bits per heavy atom. The third-order valence-corrected chi connectivity index (χ3v) is 5.90. The average Bonchev–Trinajstić information content (AvgIpc) is 3.54. The summed E-state index contributed by atoms with van der Waals surface area (Å²) in [5.41, 5.74) is 10.5. The van der Waals surface area contributed by atoms with Crippen LogP contribution in [0.2, 0.25) is 0 Å². The predicted octanol–water partition coefficient (Wildman–Crippen LogP) is 6.31. The van der Waals surface area contributed by atoms with E-state index in [-0.39, 0.29) is 6.04 Å². The number of rotatable bonds is 4. The Balaban J connectivity index is 1.39. The summed E-state index contributed by atoms with van der Waals surface area (Å²) in [7, 11) is 0. The first kappa shape index (κ1) is 17.7. The summed E-state index contributed by atoms with van der Waals surface area (Å²) in [6.45, 7) is 0. The quantitative estimate of drug-likeness (QED) is 0.330. The molecule has 6 rings (SSSR count). The highest BCUT2D eigenvalue weighted by Gasteiger charge is 2.27. The molecule has 0 amide bonds. The SMILES string of the molecule is C(=Cc1c[nH]c2ccccc12)C1=CC(c2c[nH]c3ccccc23)N(c2ccccc2)N1. The van der Waals surface area contributed by atoms with Gasteiger partial charge in [-0.1, -0.05) is 60.7 Å². The van der Waals surface area contributed by atoms with Crippen LogP contribution < -0.4 is 10.4 Å².